The number of esters is 1. The Labute approximate surface area is 216 Å². The van der Waals surface area contributed by atoms with Crippen LogP contribution in [-0.2, 0) is 14.3 Å². The van der Waals surface area contributed by atoms with Crippen molar-refractivity contribution in [2.45, 2.75) is 113 Å². The molecule has 0 aromatic heterocycles. The van der Waals surface area contributed by atoms with E-state index >= 15 is 0 Å². The molecule has 4 nitrogen and oxygen atoms in total. The molecule has 0 bridgehead atoms. The summed E-state index contributed by atoms with van der Waals surface area (Å²) in [5.41, 5.74) is 0. The van der Waals surface area contributed by atoms with Crippen molar-refractivity contribution < 1.29 is 72.1 Å². The summed E-state index contributed by atoms with van der Waals surface area (Å²) in [5, 5.41) is 8.18. The maximum atomic E-state index is 13.4. The molecule has 0 aliphatic heterocycles. The number of carboxylic acid groups (broad SMARTS) is 1. The quantitative estimate of drug-likeness (QED) is 0.180. The number of halogens is 12. The Morgan fingerprint density at radius 1 is 0.711 bits per heavy atom. The molecule has 0 aromatic carbocycles. The topological polar surface area (TPSA) is 63.6 Å². The van der Waals surface area contributed by atoms with E-state index in [-0.39, 0.29) is 42.0 Å². The predicted molar refractivity (Wildman–Crippen MR) is 120 cm³/mol. The van der Waals surface area contributed by atoms with Gasteiger partial charge in [-0.25, -0.2) is 8.78 Å². The number of carbonyl (C=O) groups excluding carboxylic acids is 1. The summed E-state index contributed by atoms with van der Waals surface area (Å²) < 4.78 is 159. The van der Waals surface area contributed by atoms with E-state index in [4.69, 9.17) is 5.11 Å². The van der Waals surface area contributed by atoms with Crippen molar-refractivity contribution >= 4 is 11.9 Å². The summed E-state index contributed by atoms with van der Waals surface area (Å²) >= 11 is 0. The van der Waals surface area contributed by atoms with Gasteiger partial charge < -0.3 is 9.84 Å². The smallest absolute Gasteiger partial charge is 0.384 e. The van der Waals surface area contributed by atoms with E-state index in [9.17, 15) is 62.3 Å². The minimum absolute atomic E-state index is 0. The van der Waals surface area contributed by atoms with Crippen molar-refractivity contribution in [1.29, 1.82) is 0 Å². The van der Waals surface area contributed by atoms with Gasteiger partial charge in [-0.15, -0.1) is 0 Å². The lowest BCUT2D eigenvalue weighted by Gasteiger charge is -2.39. The second-order valence-electron chi connectivity index (χ2n) is 7.23. The molecule has 0 rings (SSSR count). The van der Waals surface area contributed by atoms with Crippen LogP contribution in [0.25, 0.3) is 0 Å². The van der Waals surface area contributed by atoms with Crippen LogP contribution in [0.1, 0.15) is 76.7 Å². The van der Waals surface area contributed by atoms with Crippen molar-refractivity contribution in [3.05, 3.63) is 0 Å². The molecule has 0 saturated carbocycles. The molecule has 0 aliphatic carbocycles. The first-order valence-corrected chi connectivity index (χ1v) is 9.56. The molecule has 0 radical (unpaired) electrons. The molecule has 0 amide bonds. The first kappa shape index (κ1) is 49.1. The Hall–Kier alpha value is -1.90. The number of alkyl halides is 12. The van der Waals surface area contributed by atoms with Crippen LogP contribution >= 0.6 is 0 Å². The largest absolute Gasteiger partial charge is 0.481 e. The molecule has 0 fully saturated rings. The van der Waals surface area contributed by atoms with Gasteiger partial charge in [-0.3, -0.25) is 9.59 Å². The van der Waals surface area contributed by atoms with Crippen LogP contribution in [0, 0.1) is 11.8 Å². The molecule has 236 valence electrons. The average molecular weight is 597 g/mol. The van der Waals surface area contributed by atoms with Crippen molar-refractivity contribution in [2.24, 2.45) is 11.8 Å². The Morgan fingerprint density at radius 3 is 1.34 bits per heavy atom. The number of rotatable bonds is 12. The SMILES string of the molecule is C.C.C.C.CCC(C)C(=O)O.CCC(C)C(=O)OCCC(F)(F)C(F)(F)C(F)(F)C(F)(F)C(F)(F)C(F)F. The average Bonchev–Trinajstić information content (AvgIpc) is 2.71. The van der Waals surface area contributed by atoms with Gasteiger partial charge in [0.2, 0.25) is 0 Å². The Kier molecular flexibility index (Phi) is 22.8. The Balaban J connectivity index is -0.000000205. The van der Waals surface area contributed by atoms with Gasteiger partial charge in [-0.05, 0) is 12.8 Å². The van der Waals surface area contributed by atoms with Crippen molar-refractivity contribution in [3.63, 3.8) is 0 Å². The maximum absolute atomic E-state index is 13.4. The van der Waals surface area contributed by atoms with Gasteiger partial charge in [0.1, 0.15) is 0 Å². The number of ether oxygens (including phenoxy) is 1. The zero-order chi connectivity index (χ0) is 27.9. The van der Waals surface area contributed by atoms with Crippen LogP contribution in [0.2, 0.25) is 0 Å². The van der Waals surface area contributed by atoms with Gasteiger partial charge in [-0.2, -0.15) is 43.9 Å². The summed E-state index contributed by atoms with van der Waals surface area (Å²) in [5.74, 6) is -38.4. The van der Waals surface area contributed by atoms with Gasteiger partial charge in [0.05, 0.1) is 24.9 Å². The standard InChI is InChI=1S/C13H14F12O2.C5H10O2.4CH4/c1-3-6(2)7(26)27-5-4-9(16,17)11(20,21)13(24,25)12(22,23)10(18,19)8(14)15;1-3-4(2)5(6)7;;;;/h6,8H,3-5H2,1-2H3;4H,3H2,1-2H3,(H,6,7);4*1H4. The number of carbonyl (C=O) groups is 2. The maximum Gasteiger partial charge on any atom is 0.384 e. The summed E-state index contributed by atoms with van der Waals surface area (Å²) in [6, 6.07) is 0. The van der Waals surface area contributed by atoms with E-state index in [0.717, 1.165) is 6.42 Å². The van der Waals surface area contributed by atoms with Gasteiger partial charge in [-0.1, -0.05) is 57.4 Å². The third-order valence-electron chi connectivity index (χ3n) is 4.65. The summed E-state index contributed by atoms with van der Waals surface area (Å²) in [4.78, 5) is 21.1. The molecule has 2 unspecified atom stereocenters. The highest BCUT2D eigenvalue weighted by molar-refractivity contribution is 5.71. The lowest BCUT2D eigenvalue weighted by molar-refractivity contribution is -0.413. The van der Waals surface area contributed by atoms with Crippen molar-refractivity contribution in [1.82, 2.24) is 0 Å². The van der Waals surface area contributed by atoms with Crippen LogP contribution in [-0.4, -0.2) is 59.7 Å². The normalized spacial score (nSPS) is 13.7. The zero-order valence-corrected chi connectivity index (χ0v) is 18.3. The van der Waals surface area contributed by atoms with E-state index in [1.807, 2.05) is 6.92 Å². The molecule has 38 heavy (non-hydrogen) atoms. The summed E-state index contributed by atoms with van der Waals surface area (Å²) in [7, 11) is 0. The third kappa shape index (κ3) is 10.7. The minimum Gasteiger partial charge on any atom is -0.481 e. The highest BCUT2D eigenvalue weighted by atomic mass is 19.4. The zero-order valence-electron chi connectivity index (χ0n) is 18.3. The molecule has 16 heteroatoms. The van der Waals surface area contributed by atoms with Crippen LogP contribution in [0.3, 0.4) is 0 Å². The van der Waals surface area contributed by atoms with E-state index in [1.165, 1.54) is 13.8 Å². The van der Waals surface area contributed by atoms with E-state index in [1.54, 1.807) is 6.92 Å². The highest BCUT2D eigenvalue weighted by Gasteiger charge is 2.87. The van der Waals surface area contributed by atoms with E-state index in [0.29, 0.717) is 0 Å². The molecular weight excluding hydrogens is 556 g/mol. The monoisotopic (exact) mass is 596 g/mol. The minimum atomic E-state index is -7.57. The third-order valence-corrected chi connectivity index (χ3v) is 4.65. The molecule has 0 saturated heterocycles. The summed E-state index contributed by atoms with van der Waals surface area (Å²) in [6.07, 6.45) is -7.15. The van der Waals surface area contributed by atoms with Crippen LogP contribution < -0.4 is 0 Å². The van der Waals surface area contributed by atoms with Crippen molar-refractivity contribution in [3.8, 4) is 0 Å². The number of hydrogen-bond donors (Lipinski definition) is 1. The van der Waals surface area contributed by atoms with Gasteiger partial charge in [0.15, 0.2) is 0 Å². The first-order chi connectivity index (χ1) is 15.0. The molecule has 0 aliphatic rings. The molecule has 0 aromatic rings. The molecular formula is C22H40F12O4. The van der Waals surface area contributed by atoms with Crippen LogP contribution in [0.15, 0.2) is 0 Å². The Morgan fingerprint density at radius 2 is 1.08 bits per heavy atom. The number of hydrogen-bond acceptors (Lipinski definition) is 3. The number of carboxylic acids is 1. The molecule has 1 N–H and O–H groups in total. The predicted octanol–water partition coefficient (Wildman–Crippen LogP) is 9.07. The van der Waals surface area contributed by atoms with Gasteiger partial charge >= 0.3 is 48.0 Å². The van der Waals surface area contributed by atoms with Crippen LogP contribution in [0.4, 0.5) is 52.7 Å². The second kappa shape index (κ2) is 17.6. The molecule has 0 spiro atoms. The second-order valence-corrected chi connectivity index (χ2v) is 7.23. The fraction of sp³-hybridized carbons (Fsp3) is 0.909. The fourth-order valence-corrected chi connectivity index (χ4v) is 1.69. The number of aliphatic carboxylic acids is 1. The van der Waals surface area contributed by atoms with Crippen LogP contribution in [0.5, 0.6) is 0 Å². The lowest BCUT2D eigenvalue weighted by atomic mass is 9.93. The molecule has 0 heterocycles. The molecule has 2 atom stereocenters. The highest BCUT2D eigenvalue weighted by Crippen LogP contribution is 2.58. The van der Waals surface area contributed by atoms with Gasteiger partial charge in [0, 0.05) is 0 Å². The Bertz CT molecular complexity index is 671. The van der Waals surface area contributed by atoms with Crippen molar-refractivity contribution in [2.75, 3.05) is 6.61 Å². The fourth-order valence-electron chi connectivity index (χ4n) is 1.69. The lowest BCUT2D eigenvalue weighted by Crippen LogP contribution is -2.68. The van der Waals surface area contributed by atoms with Gasteiger partial charge in [0.25, 0.3) is 0 Å². The first-order valence-electron chi connectivity index (χ1n) is 9.56. The van der Waals surface area contributed by atoms with E-state index < -0.39 is 66.9 Å². The van der Waals surface area contributed by atoms with E-state index in [2.05, 4.69) is 4.74 Å². The summed E-state index contributed by atoms with van der Waals surface area (Å²) in [6.45, 7) is 4.59.